The summed E-state index contributed by atoms with van der Waals surface area (Å²) in [4.78, 5) is 23.2. The summed E-state index contributed by atoms with van der Waals surface area (Å²) in [6, 6.07) is 3.48. The van der Waals surface area contributed by atoms with Gasteiger partial charge < -0.3 is 19.8 Å². The maximum absolute atomic E-state index is 11.6. The molecular weight excluding hydrogens is 248 g/mol. The van der Waals surface area contributed by atoms with Crippen molar-refractivity contribution in [2.24, 2.45) is 0 Å². The molecular formula is C13H20N2O4. The first kappa shape index (κ1) is 15.2. The Hall–Kier alpha value is -1.82. The Labute approximate surface area is 112 Å². The van der Waals surface area contributed by atoms with Crippen molar-refractivity contribution < 1.29 is 18.7 Å². The Morgan fingerprint density at radius 1 is 1.37 bits per heavy atom. The lowest BCUT2D eigenvalue weighted by Gasteiger charge is -2.20. The van der Waals surface area contributed by atoms with E-state index in [0.717, 1.165) is 0 Å². The lowest BCUT2D eigenvalue weighted by molar-refractivity contribution is -0.140. The van der Waals surface area contributed by atoms with Crippen LogP contribution in [0.1, 0.15) is 32.6 Å². The summed E-state index contributed by atoms with van der Waals surface area (Å²) in [5.41, 5.74) is -0.448. The van der Waals surface area contributed by atoms with Crippen molar-refractivity contribution in [2.45, 2.75) is 32.4 Å². The standard InChI is InChI=1S/C13H20N2O4/c1-13(2,3)15-12(17)11(16)14-8-10(18-4)9-6-5-7-19-9/h5-7,10H,8H2,1-4H3,(H,14,16)(H,15,17). The number of hydrogen-bond acceptors (Lipinski definition) is 4. The highest BCUT2D eigenvalue weighted by Gasteiger charge is 2.21. The van der Waals surface area contributed by atoms with Crippen LogP contribution in [0.25, 0.3) is 0 Å². The molecule has 1 aromatic heterocycles. The van der Waals surface area contributed by atoms with Crippen LogP contribution in [-0.4, -0.2) is 31.0 Å². The minimum absolute atomic E-state index is 0.167. The van der Waals surface area contributed by atoms with Gasteiger partial charge in [-0.15, -0.1) is 0 Å². The van der Waals surface area contributed by atoms with Crippen LogP contribution in [0.4, 0.5) is 0 Å². The Morgan fingerprint density at radius 3 is 2.53 bits per heavy atom. The van der Waals surface area contributed by atoms with Gasteiger partial charge in [-0.25, -0.2) is 0 Å². The van der Waals surface area contributed by atoms with Crippen LogP contribution >= 0.6 is 0 Å². The average molecular weight is 268 g/mol. The van der Waals surface area contributed by atoms with Gasteiger partial charge in [-0.1, -0.05) is 0 Å². The Balaban J connectivity index is 2.47. The number of carbonyl (C=O) groups excluding carboxylic acids is 2. The zero-order valence-corrected chi connectivity index (χ0v) is 11.6. The molecule has 0 fully saturated rings. The third-order valence-corrected chi connectivity index (χ3v) is 2.29. The Bertz CT molecular complexity index is 420. The third kappa shape index (κ3) is 5.13. The molecule has 1 aromatic rings. The molecule has 1 heterocycles. The van der Waals surface area contributed by atoms with Crippen LogP contribution in [0, 0.1) is 0 Å². The number of methoxy groups -OCH3 is 1. The van der Waals surface area contributed by atoms with Gasteiger partial charge in [0.05, 0.1) is 12.8 Å². The van der Waals surface area contributed by atoms with Crippen LogP contribution in [0.15, 0.2) is 22.8 Å². The van der Waals surface area contributed by atoms with Crippen molar-refractivity contribution in [1.82, 2.24) is 10.6 Å². The predicted molar refractivity (Wildman–Crippen MR) is 69.4 cm³/mol. The van der Waals surface area contributed by atoms with Crippen molar-refractivity contribution in [3.05, 3.63) is 24.2 Å². The topological polar surface area (TPSA) is 80.6 Å². The summed E-state index contributed by atoms with van der Waals surface area (Å²) in [7, 11) is 1.51. The molecule has 0 spiro atoms. The van der Waals surface area contributed by atoms with Gasteiger partial charge in [-0.3, -0.25) is 9.59 Å². The zero-order chi connectivity index (χ0) is 14.5. The van der Waals surface area contributed by atoms with Crippen LogP contribution < -0.4 is 10.6 Å². The Kier molecular flexibility index (Phi) is 5.11. The van der Waals surface area contributed by atoms with Crippen LogP contribution in [0.2, 0.25) is 0 Å². The van der Waals surface area contributed by atoms with E-state index in [1.807, 2.05) is 0 Å². The van der Waals surface area contributed by atoms with Crippen molar-refractivity contribution in [1.29, 1.82) is 0 Å². The summed E-state index contributed by atoms with van der Waals surface area (Å²) in [5.74, 6) is -0.760. The molecule has 0 saturated carbocycles. The highest BCUT2D eigenvalue weighted by atomic mass is 16.5. The van der Waals surface area contributed by atoms with E-state index in [-0.39, 0.29) is 6.54 Å². The molecule has 6 heteroatoms. The van der Waals surface area contributed by atoms with Gasteiger partial charge in [-0.2, -0.15) is 0 Å². The lowest BCUT2D eigenvalue weighted by Crippen LogP contribution is -2.48. The van der Waals surface area contributed by atoms with Crippen molar-refractivity contribution >= 4 is 11.8 Å². The molecule has 0 radical (unpaired) electrons. The van der Waals surface area contributed by atoms with E-state index < -0.39 is 23.5 Å². The van der Waals surface area contributed by atoms with Crippen LogP contribution in [0.5, 0.6) is 0 Å². The average Bonchev–Trinajstić information content (AvgIpc) is 2.81. The van der Waals surface area contributed by atoms with E-state index in [9.17, 15) is 9.59 Å². The Morgan fingerprint density at radius 2 is 2.05 bits per heavy atom. The summed E-state index contributed by atoms with van der Waals surface area (Å²) >= 11 is 0. The van der Waals surface area contributed by atoms with E-state index in [2.05, 4.69) is 10.6 Å². The second-order valence-electron chi connectivity index (χ2n) is 5.15. The quantitative estimate of drug-likeness (QED) is 0.798. The second-order valence-corrected chi connectivity index (χ2v) is 5.15. The molecule has 1 rings (SSSR count). The number of rotatable bonds is 4. The molecule has 6 nitrogen and oxygen atoms in total. The number of amides is 2. The fourth-order valence-corrected chi connectivity index (χ4v) is 1.44. The molecule has 106 valence electrons. The summed E-state index contributed by atoms with van der Waals surface area (Å²) < 4.78 is 10.4. The van der Waals surface area contributed by atoms with E-state index in [0.29, 0.717) is 5.76 Å². The zero-order valence-electron chi connectivity index (χ0n) is 11.6. The lowest BCUT2D eigenvalue weighted by atomic mass is 10.1. The fraction of sp³-hybridized carbons (Fsp3) is 0.538. The maximum Gasteiger partial charge on any atom is 0.309 e. The van der Waals surface area contributed by atoms with Crippen LogP contribution in [0.3, 0.4) is 0 Å². The molecule has 2 N–H and O–H groups in total. The van der Waals surface area contributed by atoms with Crippen LogP contribution in [-0.2, 0) is 14.3 Å². The molecule has 0 saturated heterocycles. The maximum atomic E-state index is 11.6. The number of hydrogen-bond donors (Lipinski definition) is 2. The van der Waals surface area contributed by atoms with Gasteiger partial charge >= 0.3 is 11.8 Å². The summed E-state index contributed by atoms with van der Waals surface area (Å²) in [6.45, 7) is 5.58. The van der Waals surface area contributed by atoms with Gasteiger partial charge in [0, 0.05) is 12.6 Å². The summed E-state index contributed by atoms with van der Waals surface area (Å²) in [6.07, 6.45) is 1.11. The number of carbonyl (C=O) groups is 2. The first-order valence-electron chi connectivity index (χ1n) is 6.00. The molecule has 0 aliphatic heterocycles. The number of ether oxygens (including phenoxy) is 1. The molecule has 0 aromatic carbocycles. The molecule has 0 aliphatic carbocycles. The summed E-state index contributed by atoms with van der Waals surface area (Å²) in [5, 5.41) is 5.09. The fourth-order valence-electron chi connectivity index (χ4n) is 1.44. The van der Waals surface area contributed by atoms with Gasteiger partial charge in [0.25, 0.3) is 0 Å². The largest absolute Gasteiger partial charge is 0.467 e. The highest BCUT2D eigenvalue weighted by Crippen LogP contribution is 2.15. The minimum Gasteiger partial charge on any atom is -0.467 e. The molecule has 1 unspecified atom stereocenters. The van der Waals surface area contributed by atoms with Gasteiger partial charge in [0.15, 0.2) is 0 Å². The third-order valence-electron chi connectivity index (χ3n) is 2.29. The molecule has 0 bridgehead atoms. The van der Waals surface area contributed by atoms with Gasteiger partial charge in [0.1, 0.15) is 11.9 Å². The first-order valence-corrected chi connectivity index (χ1v) is 6.00. The smallest absolute Gasteiger partial charge is 0.309 e. The number of furan rings is 1. The normalized spacial score (nSPS) is 12.8. The first-order chi connectivity index (χ1) is 8.83. The highest BCUT2D eigenvalue weighted by molar-refractivity contribution is 6.35. The SMILES string of the molecule is COC(CNC(=O)C(=O)NC(C)(C)C)c1ccco1. The second kappa shape index (κ2) is 6.38. The number of nitrogens with one attached hydrogen (secondary N) is 2. The van der Waals surface area contributed by atoms with Gasteiger partial charge in [0.2, 0.25) is 0 Å². The van der Waals surface area contributed by atoms with E-state index >= 15 is 0 Å². The minimum atomic E-state index is -0.691. The molecule has 2 amide bonds. The van der Waals surface area contributed by atoms with Crippen molar-refractivity contribution in [3.8, 4) is 0 Å². The monoisotopic (exact) mass is 268 g/mol. The van der Waals surface area contributed by atoms with Crippen molar-refractivity contribution in [3.63, 3.8) is 0 Å². The van der Waals surface area contributed by atoms with E-state index in [1.54, 1.807) is 32.9 Å². The molecule has 0 aliphatic rings. The van der Waals surface area contributed by atoms with E-state index in [4.69, 9.17) is 9.15 Å². The van der Waals surface area contributed by atoms with E-state index in [1.165, 1.54) is 13.4 Å². The van der Waals surface area contributed by atoms with Crippen molar-refractivity contribution in [2.75, 3.05) is 13.7 Å². The molecule has 1 atom stereocenters. The van der Waals surface area contributed by atoms with Gasteiger partial charge in [-0.05, 0) is 32.9 Å². The predicted octanol–water partition coefficient (Wildman–Crippen LogP) is 0.998. The molecule has 19 heavy (non-hydrogen) atoms.